The molecule has 0 aliphatic carbocycles. The zero-order valence-electron chi connectivity index (χ0n) is 18.3. The predicted octanol–water partition coefficient (Wildman–Crippen LogP) is 2.47. The minimum Gasteiger partial charge on any atom is -0.497 e. The molecule has 0 radical (unpaired) electrons. The monoisotopic (exact) mass is 446 g/mol. The number of anilines is 2. The highest BCUT2D eigenvalue weighted by Gasteiger charge is 2.15. The first kappa shape index (κ1) is 21.8. The molecule has 10 nitrogen and oxygen atoms in total. The summed E-state index contributed by atoms with van der Waals surface area (Å²) < 4.78 is 7.65. The van der Waals surface area contributed by atoms with Crippen molar-refractivity contribution < 1.29 is 14.3 Å². The van der Waals surface area contributed by atoms with Crippen molar-refractivity contribution in [2.24, 2.45) is 0 Å². The van der Waals surface area contributed by atoms with E-state index in [1.807, 2.05) is 24.3 Å². The molecular formula is C23H22N6O4. The number of benzene rings is 2. The second kappa shape index (κ2) is 8.95. The topological polar surface area (TPSA) is 120 Å². The Morgan fingerprint density at radius 3 is 2.24 bits per heavy atom. The molecule has 0 saturated heterocycles. The quantitative estimate of drug-likeness (QED) is 0.470. The summed E-state index contributed by atoms with van der Waals surface area (Å²) >= 11 is 0. The smallest absolute Gasteiger partial charge is 0.352 e. The molecule has 2 aromatic carbocycles. The van der Waals surface area contributed by atoms with E-state index < -0.39 is 11.6 Å². The van der Waals surface area contributed by atoms with E-state index in [-0.39, 0.29) is 12.5 Å². The average molecular weight is 446 g/mol. The zero-order chi connectivity index (χ0) is 23.5. The highest BCUT2D eigenvalue weighted by atomic mass is 16.5. The molecule has 0 spiro atoms. The molecule has 2 heterocycles. The summed E-state index contributed by atoms with van der Waals surface area (Å²) in [5.74, 6) is 0.600. The number of nitrogens with zero attached hydrogens (tertiary/aromatic N) is 4. The molecule has 0 atom stereocenters. The van der Waals surface area contributed by atoms with Crippen molar-refractivity contribution in [1.29, 1.82) is 0 Å². The van der Waals surface area contributed by atoms with Crippen LogP contribution in [-0.4, -0.2) is 38.1 Å². The lowest BCUT2D eigenvalue weighted by Crippen LogP contribution is -2.28. The SMILES string of the molecule is COc1ccc(-c2cc3nn(CC(=O)Nc4ccc(NC(C)=O)cc4)c(=O)n3c(C)n2)cc1. The van der Waals surface area contributed by atoms with Crippen LogP contribution in [0.15, 0.2) is 59.4 Å². The van der Waals surface area contributed by atoms with Gasteiger partial charge >= 0.3 is 5.69 Å². The number of carbonyl (C=O) groups excluding carboxylic acids is 2. The van der Waals surface area contributed by atoms with E-state index in [2.05, 4.69) is 20.7 Å². The van der Waals surface area contributed by atoms with Gasteiger partial charge in [-0.3, -0.25) is 9.59 Å². The van der Waals surface area contributed by atoms with Crippen LogP contribution in [0.1, 0.15) is 12.7 Å². The lowest BCUT2D eigenvalue weighted by atomic mass is 10.1. The van der Waals surface area contributed by atoms with Crippen LogP contribution in [0.25, 0.3) is 16.9 Å². The molecule has 168 valence electrons. The largest absolute Gasteiger partial charge is 0.497 e. The molecule has 0 unspecified atom stereocenters. The van der Waals surface area contributed by atoms with Gasteiger partial charge in [0.15, 0.2) is 5.65 Å². The standard InChI is InChI=1S/C23H22N6O4/c1-14-24-20(16-4-10-19(33-3)11-5-16)12-21-27-28(23(32)29(14)21)13-22(31)26-18-8-6-17(7-9-18)25-15(2)30/h4-12H,13H2,1-3H3,(H,25,30)(H,26,31). The summed E-state index contributed by atoms with van der Waals surface area (Å²) in [5.41, 5.74) is 2.60. The van der Waals surface area contributed by atoms with Gasteiger partial charge in [-0.15, -0.1) is 5.10 Å². The van der Waals surface area contributed by atoms with Gasteiger partial charge in [0.25, 0.3) is 0 Å². The van der Waals surface area contributed by atoms with Crippen molar-refractivity contribution in [3.05, 3.63) is 70.9 Å². The van der Waals surface area contributed by atoms with Crippen molar-refractivity contribution >= 4 is 28.8 Å². The lowest BCUT2D eigenvalue weighted by molar-refractivity contribution is -0.117. The van der Waals surface area contributed by atoms with Gasteiger partial charge in [-0.05, 0) is 55.5 Å². The minimum absolute atomic E-state index is 0.182. The second-order valence-electron chi connectivity index (χ2n) is 7.36. The van der Waals surface area contributed by atoms with Gasteiger partial charge < -0.3 is 15.4 Å². The number of hydrogen-bond donors (Lipinski definition) is 2. The van der Waals surface area contributed by atoms with Gasteiger partial charge in [0.05, 0.1) is 12.8 Å². The maximum atomic E-state index is 12.8. The number of methoxy groups -OCH3 is 1. The number of amides is 2. The number of fused-ring (bicyclic) bond motifs is 1. The Bertz CT molecular complexity index is 1390. The van der Waals surface area contributed by atoms with Gasteiger partial charge in [-0.25, -0.2) is 18.9 Å². The zero-order valence-corrected chi connectivity index (χ0v) is 18.3. The molecule has 0 aliphatic heterocycles. The summed E-state index contributed by atoms with van der Waals surface area (Å²) in [6.45, 7) is 2.87. The number of ether oxygens (including phenoxy) is 1. The third-order valence-electron chi connectivity index (χ3n) is 4.90. The number of rotatable bonds is 6. The fraction of sp³-hybridized carbons (Fsp3) is 0.174. The van der Waals surface area contributed by atoms with Crippen molar-refractivity contribution in [3.8, 4) is 17.0 Å². The third-order valence-corrected chi connectivity index (χ3v) is 4.90. The van der Waals surface area contributed by atoms with Crippen LogP contribution < -0.4 is 21.1 Å². The highest BCUT2D eigenvalue weighted by molar-refractivity contribution is 5.92. The molecule has 2 amide bonds. The van der Waals surface area contributed by atoms with Crippen LogP contribution in [0.5, 0.6) is 5.75 Å². The van der Waals surface area contributed by atoms with Crippen LogP contribution in [0.2, 0.25) is 0 Å². The highest BCUT2D eigenvalue weighted by Crippen LogP contribution is 2.22. The van der Waals surface area contributed by atoms with Crippen molar-refractivity contribution in [2.45, 2.75) is 20.4 Å². The van der Waals surface area contributed by atoms with E-state index in [0.29, 0.717) is 28.5 Å². The summed E-state index contributed by atoms with van der Waals surface area (Å²) in [6.07, 6.45) is 0. The summed E-state index contributed by atoms with van der Waals surface area (Å²) in [7, 11) is 1.60. The molecule has 0 saturated carbocycles. The van der Waals surface area contributed by atoms with Crippen LogP contribution in [0, 0.1) is 6.92 Å². The molecule has 4 aromatic rings. The Labute approximate surface area is 188 Å². The number of aryl methyl sites for hydroxylation is 1. The van der Waals surface area contributed by atoms with E-state index in [4.69, 9.17) is 4.74 Å². The van der Waals surface area contributed by atoms with Crippen molar-refractivity contribution in [2.75, 3.05) is 17.7 Å². The molecule has 0 bridgehead atoms. The Morgan fingerprint density at radius 1 is 1.00 bits per heavy atom. The first-order chi connectivity index (χ1) is 15.8. The fourth-order valence-electron chi connectivity index (χ4n) is 3.39. The van der Waals surface area contributed by atoms with Crippen LogP contribution in [0.4, 0.5) is 11.4 Å². The number of nitrogens with one attached hydrogen (secondary N) is 2. The number of carbonyl (C=O) groups is 2. The van der Waals surface area contributed by atoms with Gasteiger partial charge in [0.2, 0.25) is 11.8 Å². The summed E-state index contributed by atoms with van der Waals surface area (Å²) in [6, 6.07) is 15.8. The molecule has 4 rings (SSSR count). The van der Waals surface area contributed by atoms with Crippen molar-refractivity contribution in [3.63, 3.8) is 0 Å². The van der Waals surface area contributed by atoms with Gasteiger partial charge in [-0.2, -0.15) is 0 Å². The Balaban J connectivity index is 1.54. The number of aromatic nitrogens is 4. The Kier molecular flexibility index (Phi) is 5.90. The maximum absolute atomic E-state index is 12.8. The molecule has 10 heteroatoms. The van der Waals surface area contributed by atoms with E-state index in [9.17, 15) is 14.4 Å². The summed E-state index contributed by atoms with van der Waals surface area (Å²) in [5, 5.41) is 9.69. The van der Waals surface area contributed by atoms with Gasteiger partial charge in [0, 0.05) is 29.9 Å². The fourth-order valence-corrected chi connectivity index (χ4v) is 3.39. The first-order valence-corrected chi connectivity index (χ1v) is 10.1. The average Bonchev–Trinajstić information content (AvgIpc) is 3.10. The molecule has 33 heavy (non-hydrogen) atoms. The van der Waals surface area contributed by atoms with Crippen molar-refractivity contribution in [1.82, 2.24) is 19.2 Å². The van der Waals surface area contributed by atoms with Gasteiger partial charge in [-0.1, -0.05) is 0 Å². The normalized spacial score (nSPS) is 10.8. The minimum atomic E-state index is -0.451. The van der Waals surface area contributed by atoms with Crippen LogP contribution in [0.3, 0.4) is 0 Å². The first-order valence-electron chi connectivity index (χ1n) is 10.1. The van der Waals surface area contributed by atoms with E-state index >= 15 is 0 Å². The second-order valence-corrected chi connectivity index (χ2v) is 7.36. The molecule has 0 aliphatic rings. The Hall–Kier alpha value is -4.47. The summed E-state index contributed by atoms with van der Waals surface area (Å²) in [4.78, 5) is 40.9. The third kappa shape index (κ3) is 4.74. The molecule has 2 aromatic heterocycles. The molecular weight excluding hydrogens is 424 g/mol. The Morgan fingerprint density at radius 2 is 1.64 bits per heavy atom. The van der Waals surface area contributed by atoms with Crippen LogP contribution >= 0.6 is 0 Å². The van der Waals surface area contributed by atoms with E-state index in [1.54, 1.807) is 44.4 Å². The van der Waals surface area contributed by atoms with E-state index in [0.717, 1.165) is 16.0 Å². The van der Waals surface area contributed by atoms with Crippen LogP contribution in [-0.2, 0) is 16.1 Å². The van der Waals surface area contributed by atoms with Gasteiger partial charge in [0.1, 0.15) is 18.1 Å². The van der Waals surface area contributed by atoms with E-state index in [1.165, 1.54) is 11.3 Å². The molecule has 0 fully saturated rings. The number of hydrogen-bond acceptors (Lipinski definition) is 6. The molecule has 2 N–H and O–H groups in total. The lowest BCUT2D eigenvalue weighted by Gasteiger charge is -2.06. The predicted molar refractivity (Wildman–Crippen MR) is 123 cm³/mol. The maximum Gasteiger partial charge on any atom is 0.352 e.